The topological polar surface area (TPSA) is 29.3 Å². The maximum atomic E-state index is 13.3. The van der Waals surface area contributed by atoms with Crippen molar-refractivity contribution in [2.75, 3.05) is 25.4 Å². The molecule has 1 heterocycles. The van der Waals surface area contributed by atoms with E-state index in [9.17, 15) is 8.78 Å². The predicted octanol–water partition coefficient (Wildman–Crippen LogP) is 2.79. The molecule has 1 fully saturated rings. The van der Waals surface area contributed by atoms with E-state index in [1.807, 2.05) is 11.8 Å². The van der Waals surface area contributed by atoms with Crippen LogP contribution in [0.3, 0.4) is 0 Å². The Bertz CT molecular complexity index is 408. The number of halogens is 2. The molecule has 19 heavy (non-hydrogen) atoms. The molecule has 0 aliphatic carbocycles. The largest absolute Gasteiger partial charge is 0.329 e. The van der Waals surface area contributed by atoms with Crippen molar-refractivity contribution in [2.45, 2.75) is 24.6 Å². The van der Waals surface area contributed by atoms with Crippen LogP contribution in [-0.4, -0.2) is 35.5 Å². The second kappa shape index (κ2) is 6.68. The first-order chi connectivity index (χ1) is 9.13. The molecule has 1 saturated heterocycles. The molecule has 0 aromatic heterocycles. The Morgan fingerprint density at radius 3 is 2.63 bits per heavy atom. The van der Waals surface area contributed by atoms with Crippen LogP contribution in [0.5, 0.6) is 0 Å². The number of nitrogens with two attached hydrogens (primary N) is 1. The lowest BCUT2D eigenvalue weighted by Gasteiger charge is -2.37. The molecule has 5 heteroatoms. The summed E-state index contributed by atoms with van der Waals surface area (Å²) in [7, 11) is 0. The Morgan fingerprint density at radius 1 is 1.37 bits per heavy atom. The van der Waals surface area contributed by atoms with Gasteiger partial charge in [0.15, 0.2) is 0 Å². The summed E-state index contributed by atoms with van der Waals surface area (Å²) >= 11 is 1.97. The van der Waals surface area contributed by atoms with Crippen molar-refractivity contribution in [1.82, 2.24) is 4.90 Å². The van der Waals surface area contributed by atoms with Crippen LogP contribution in [0.25, 0.3) is 0 Å². The number of nitrogens with zero attached hydrogens (tertiary/aromatic N) is 1. The quantitative estimate of drug-likeness (QED) is 0.923. The fourth-order valence-electron chi connectivity index (χ4n) is 2.54. The minimum Gasteiger partial charge on any atom is -0.329 e. The van der Waals surface area contributed by atoms with Crippen LogP contribution in [0.15, 0.2) is 18.2 Å². The first kappa shape index (κ1) is 14.8. The van der Waals surface area contributed by atoms with Gasteiger partial charge < -0.3 is 5.73 Å². The second-order valence-electron chi connectivity index (χ2n) is 4.85. The Balaban J connectivity index is 2.18. The fraction of sp³-hybridized carbons (Fsp3) is 0.571. The van der Waals surface area contributed by atoms with Gasteiger partial charge in [-0.25, -0.2) is 8.78 Å². The van der Waals surface area contributed by atoms with Gasteiger partial charge in [0.05, 0.1) is 0 Å². The average molecular weight is 286 g/mol. The summed E-state index contributed by atoms with van der Waals surface area (Å²) in [5, 5.41) is 0.584. The van der Waals surface area contributed by atoms with E-state index in [1.54, 1.807) is 0 Å². The fourth-order valence-corrected chi connectivity index (χ4v) is 3.74. The van der Waals surface area contributed by atoms with Gasteiger partial charge >= 0.3 is 0 Å². The lowest BCUT2D eigenvalue weighted by molar-refractivity contribution is 0.207. The minimum atomic E-state index is -0.535. The van der Waals surface area contributed by atoms with Crippen molar-refractivity contribution in [1.29, 1.82) is 0 Å². The van der Waals surface area contributed by atoms with Gasteiger partial charge in [-0.15, -0.1) is 0 Å². The lowest BCUT2D eigenvalue weighted by atomic mass is 10.0. The third-order valence-electron chi connectivity index (χ3n) is 3.56. The van der Waals surface area contributed by atoms with E-state index in [2.05, 4.69) is 11.8 Å². The summed E-state index contributed by atoms with van der Waals surface area (Å²) in [6.07, 6.45) is 1.11. The molecule has 1 aliphatic rings. The molecule has 0 spiro atoms. The van der Waals surface area contributed by atoms with Crippen molar-refractivity contribution < 1.29 is 8.78 Å². The van der Waals surface area contributed by atoms with Crippen molar-refractivity contribution in [3.8, 4) is 0 Å². The molecular formula is C14H20F2N2S. The Kier molecular flexibility index (Phi) is 5.19. The van der Waals surface area contributed by atoms with Crippen molar-refractivity contribution in [3.05, 3.63) is 35.4 Å². The van der Waals surface area contributed by atoms with Crippen LogP contribution in [0.2, 0.25) is 0 Å². The van der Waals surface area contributed by atoms with Gasteiger partial charge in [-0.3, -0.25) is 4.90 Å². The predicted molar refractivity (Wildman–Crippen MR) is 76.3 cm³/mol. The van der Waals surface area contributed by atoms with Gasteiger partial charge in [-0.1, -0.05) is 6.92 Å². The molecule has 0 radical (unpaired) electrons. The molecule has 1 aromatic carbocycles. The van der Waals surface area contributed by atoms with Gasteiger partial charge in [0, 0.05) is 42.7 Å². The third-order valence-corrected chi connectivity index (χ3v) is 4.93. The van der Waals surface area contributed by atoms with E-state index < -0.39 is 11.6 Å². The first-order valence-corrected chi connectivity index (χ1v) is 7.70. The van der Waals surface area contributed by atoms with Crippen molar-refractivity contribution >= 4 is 11.8 Å². The molecule has 0 saturated carbocycles. The number of rotatable bonds is 4. The van der Waals surface area contributed by atoms with Crippen LogP contribution in [0.1, 0.15) is 24.9 Å². The number of thioether (sulfide) groups is 1. The van der Waals surface area contributed by atoms with Crippen LogP contribution in [0.4, 0.5) is 8.78 Å². The summed E-state index contributed by atoms with van der Waals surface area (Å²) in [5.41, 5.74) is 6.47. The zero-order valence-electron chi connectivity index (χ0n) is 11.1. The van der Waals surface area contributed by atoms with Gasteiger partial charge in [0.25, 0.3) is 0 Å². The molecule has 0 bridgehead atoms. The zero-order valence-corrected chi connectivity index (χ0v) is 11.9. The zero-order chi connectivity index (χ0) is 13.8. The molecule has 0 amide bonds. The Hall–Kier alpha value is -0.650. The van der Waals surface area contributed by atoms with Gasteiger partial charge in [0.1, 0.15) is 11.6 Å². The average Bonchev–Trinajstić information content (AvgIpc) is 2.39. The number of benzene rings is 1. The Morgan fingerprint density at radius 2 is 2.05 bits per heavy atom. The SMILES string of the molecule is CCC1CN(C(CN)c2cc(F)cc(F)c2)CCS1. The molecule has 2 N–H and O–H groups in total. The van der Waals surface area contributed by atoms with Crippen LogP contribution in [0, 0.1) is 11.6 Å². The highest BCUT2D eigenvalue weighted by atomic mass is 32.2. The highest BCUT2D eigenvalue weighted by Crippen LogP contribution is 2.28. The highest BCUT2D eigenvalue weighted by Gasteiger charge is 2.26. The molecule has 106 valence electrons. The standard InChI is InChI=1S/C14H20F2N2S/c1-2-13-9-18(3-4-19-13)14(8-17)10-5-11(15)7-12(16)6-10/h5-7,13-14H,2-4,8-9,17H2,1H3. The number of hydrogen-bond acceptors (Lipinski definition) is 3. The lowest BCUT2D eigenvalue weighted by Crippen LogP contribution is -2.42. The maximum absolute atomic E-state index is 13.3. The smallest absolute Gasteiger partial charge is 0.126 e. The summed E-state index contributed by atoms with van der Waals surface area (Å²) in [4.78, 5) is 2.25. The molecule has 1 aliphatic heterocycles. The van der Waals surface area contributed by atoms with E-state index in [-0.39, 0.29) is 6.04 Å². The molecule has 2 atom stereocenters. The van der Waals surface area contributed by atoms with E-state index in [0.717, 1.165) is 31.3 Å². The summed E-state index contributed by atoms with van der Waals surface area (Å²) in [6, 6.07) is 3.59. The van der Waals surface area contributed by atoms with Crippen LogP contribution >= 0.6 is 11.8 Å². The van der Waals surface area contributed by atoms with Crippen molar-refractivity contribution in [2.24, 2.45) is 5.73 Å². The highest BCUT2D eigenvalue weighted by molar-refractivity contribution is 8.00. The molecular weight excluding hydrogens is 266 g/mol. The minimum absolute atomic E-state index is 0.0971. The molecule has 1 aromatic rings. The van der Waals surface area contributed by atoms with Gasteiger partial charge in [0.2, 0.25) is 0 Å². The summed E-state index contributed by atoms with van der Waals surface area (Å²) in [6.45, 7) is 4.40. The summed E-state index contributed by atoms with van der Waals surface area (Å²) < 4.78 is 26.7. The van der Waals surface area contributed by atoms with Crippen molar-refractivity contribution in [3.63, 3.8) is 0 Å². The Labute approximate surface area is 117 Å². The number of hydrogen-bond donors (Lipinski definition) is 1. The molecule has 2 unspecified atom stereocenters. The van der Waals surface area contributed by atoms with Crippen LogP contribution < -0.4 is 5.73 Å². The van der Waals surface area contributed by atoms with Gasteiger partial charge in [-0.05, 0) is 24.1 Å². The second-order valence-corrected chi connectivity index (χ2v) is 6.26. The molecule has 2 nitrogen and oxygen atoms in total. The first-order valence-electron chi connectivity index (χ1n) is 6.65. The van der Waals surface area contributed by atoms with E-state index in [4.69, 9.17) is 5.73 Å². The monoisotopic (exact) mass is 286 g/mol. The molecule has 2 rings (SSSR count). The van der Waals surface area contributed by atoms with E-state index in [1.165, 1.54) is 12.1 Å². The van der Waals surface area contributed by atoms with E-state index >= 15 is 0 Å². The van der Waals surface area contributed by atoms with E-state index in [0.29, 0.717) is 17.4 Å². The third kappa shape index (κ3) is 3.68. The normalized spacial score (nSPS) is 22.4. The maximum Gasteiger partial charge on any atom is 0.126 e. The van der Waals surface area contributed by atoms with Gasteiger partial charge in [-0.2, -0.15) is 11.8 Å². The summed E-state index contributed by atoms with van der Waals surface area (Å²) in [5.74, 6) is -0.0222. The van der Waals surface area contributed by atoms with Crippen LogP contribution in [-0.2, 0) is 0 Å².